The fraction of sp³-hybridized carbons (Fsp3) is 0.571. The maximum atomic E-state index is 10.8. The van der Waals surface area contributed by atoms with Gasteiger partial charge in [0.15, 0.2) is 0 Å². The summed E-state index contributed by atoms with van der Waals surface area (Å²) in [5, 5.41) is 20.2. The number of anilines is 1. The number of aliphatic hydroxyl groups is 1. The molecule has 1 saturated carbocycles. The van der Waals surface area contributed by atoms with E-state index in [0.717, 1.165) is 24.7 Å². The van der Waals surface area contributed by atoms with E-state index in [4.69, 9.17) is 0 Å². The van der Waals surface area contributed by atoms with Crippen molar-refractivity contribution in [2.75, 3.05) is 18.0 Å². The van der Waals surface area contributed by atoms with Gasteiger partial charge in [0.05, 0.1) is 11.5 Å². The summed E-state index contributed by atoms with van der Waals surface area (Å²) < 4.78 is 0. The van der Waals surface area contributed by atoms with Gasteiger partial charge in [-0.05, 0) is 31.7 Å². The highest BCUT2D eigenvalue weighted by atomic mass is 16.6. The lowest BCUT2D eigenvalue weighted by Crippen LogP contribution is -2.33. The first kappa shape index (κ1) is 13.8. The summed E-state index contributed by atoms with van der Waals surface area (Å²) in [7, 11) is 0. The number of non-ortho nitro benzene ring substituents is 1. The molecule has 1 aromatic rings. The van der Waals surface area contributed by atoms with E-state index in [1.807, 2.05) is 0 Å². The van der Waals surface area contributed by atoms with Gasteiger partial charge >= 0.3 is 0 Å². The van der Waals surface area contributed by atoms with E-state index in [0.29, 0.717) is 5.56 Å². The molecule has 2 rings (SSSR count). The van der Waals surface area contributed by atoms with Crippen LogP contribution >= 0.6 is 0 Å². The smallest absolute Gasteiger partial charge is 0.269 e. The molecule has 1 aromatic carbocycles. The fourth-order valence-corrected chi connectivity index (χ4v) is 2.51. The summed E-state index contributed by atoms with van der Waals surface area (Å²) in [6, 6.07) is 4.74. The summed E-state index contributed by atoms with van der Waals surface area (Å²) in [4.78, 5) is 12.5. The molecular weight excluding hydrogens is 244 g/mol. The summed E-state index contributed by atoms with van der Waals surface area (Å²) in [6.07, 6.45) is 3.82. The van der Waals surface area contributed by atoms with Crippen LogP contribution < -0.4 is 4.90 Å². The van der Waals surface area contributed by atoms with Crippen LogP contribution in [0.1, 0.15) is 31.7 Å². The average molecular weight is 264 g/mol. The van der Waals surface area contributed by atoms with Gasteiger partial charge in [0.25, 0.3) is 5.69 Å². The highest BCUT2D eigenvalue weighted by molar-refractivity contribution is 5.57. The van der Waals surface area contributed by atoms with Gasteiger partial charge in [0, 0.05) is 36.5 Å². The Balaban J connectivity index is 2.22. The number of aliphatic hydroxyl groups excluding tert-OH is 1. The van der Waals surface area contributed by atoms with Crippen molar-refractivity contribution in [3.63, 3.8) is 0 Å². The molecule has 0 aromatic heterocycles. The largest absolute Gasteiger partial charge is 0.392 e. The van der Waals surface area contributed by atoms with Crippen LogP contribution in [0.15, 0.2) is 18.2 Å². The van der Waals surface area contributed by atoms with Crippen LogP contribution in [0.2, 0.25) is 0 Å². The van der Waals surface area contributed by atoms with Crippen LogP contribution in [-0.4, -0.2) is 23.1 Å². The van der Waals surface area contributed by atoms with E-state index in [9.17, 15) is 15.2 Å². The van der Waals surface area contributed by atoms with Gasteiger partial charge in [0.1, 0.15) is 0 Å². The van der Waals surface area contributed by atoms with Crippen LogP contribution in [0.3, 0.4) is 0 Å². The molecule has 0 spiro atoms. The van der Waals surface area contributed by atoms with Crippen molar-refractivity contribution in [3.8, 4) is 0 Å². The molecule has 0 unspecified atom stereocenters. The average Bonchev–Trinajstić information content (AvgIpc) is 2.37. The van der Waals surface area contributed by atoms with Gasteiger partial charge in [0.2, 0.25) is 0 Å². The van der Waals surface area contributed by atoms with E-state index in [1.54, 1.807) is 6.07 Å². The van der Waals surface area contributed by atoms with Crippen molar-refractivity contribution in [2.45, 2.75) is 32.8 Å². The molecule has 5 heteroatoms. The molecule has 0 heterocycles. The van der Waals surface area contributed by atoms with E-state index >= 15 is 0 Å². The van der Waals surface area contributed by atoms with Crippen LogP contribution in [0.5, 0.6) is 0 Å². The minimum atomic E-state index is -0.425. The van der Waals surface area contributed by atoms with Crippen molar-refractivity contribution in [3.05, 3.63) is 33.9 Å². The summed E-state index contributed by atoms with van der Waals surface area (Å²) in [6.45, 7) is 3.72. The molecule has 104 valence electrons. The Bertz CT molecular complexity index is 458. The fourth-order valence-electron chi connectivity index (χ4n) is 2.51. The third-order valence-electron chi connectivity index (χ3n) is 3.87. The predicted molar refractivity (Wildman–Crippen MR) is 74.2 cm³/mol. The van der Waals surface area contributed by atoms with Gasteiger partial charge in [-0.3, -0.25) is 10.1 Å². The summed E-state index contributed by atoms with van der Waals surface area (Å²) in [5.41, 5.74) is 1.59. The molecule has 5 nitrogen and oxygen atoms in total. The number of nitrogens with zero attached hydrogens (tertiary/aromatic N) is 2. The number of hydrogen-bond acceptors (Lipinski definition) is 4. The summed E-state index contributed by atoms with van der Waals surface area (Å²) >= 11 is 0. The molecular formula is C14H20N2O3. The molecule has 0 radical (unpaired) electrons. The van der Waals surface area contributed by atoms with Gasteiger partial charge in [-0.15, -0.1) is 0 Å². The maximum absolute atomic E-state index is 10.8. The van der Waals surface area contributed by atoms with Crippen LogP contribution in [0.4, 0.5) is 11.4 Å². The van der Waals surface area contributed by atoms with E-state index in [-0.39, 0.29) is 12.3 Å². The first-order valence-electron chi connectivity index (χ1n) is 6.78. The molecule has 0 saturated heterocycles. The molecule has 19 heavy (non-hydrogen) atoms. The third kappa shape index (κ3) is 3.04. The Morgan fingerprint density at radius 3 is 2.68 bits per heavy atom. The lowest BCUT2D eigenvalue weighted by Gasteiger charge is -2.34. The second-order valence-corrected chi connectivity index (χ2v) is 5.06. The third-order valence-corrected chi connectivity index (χ3v) is 3.87. The van der Waals surface area contributed by atoms with Crippen molar-refractivity contribution >= 4 is 11.4 Å². The van der Waals surface area contributed by atoms with Gasteiger partial charge in [-0.25, -0.2) is 0 Å². The standard InChI is InChI=1S/C14H20N2O3/c1-2-15(9-11-4-3-5-11)14-7-6-13(16(18)19)8-12(14)10-17/h6-8,11,17H,2-5,9-10H2,1H3. The lowest BCUT2D eigenvalue weighted by atomic mass is 9.85. The van der Waals surface area contributed by atoms with Crippen LogP contribution in [0, 0.1) is 16.0 Å². The number of nitro benzene ring substituents is 1. The number of hydrogen-bond donors (Lipinski definition) is 1. The lowest BCUT2D eigenvalue weighted by molar-refractivity contribution is -0.384. The minimum Gasteiger partial charge on any atom is -0.392 e. The zero-order chi connectivity index (χ0) is 13.8. The molecule has 0 bridgehead atoms. The molecule has 1 fully saturated rings. The summed E-state index contributed by atoms with van der Waals surface area (Å²) in [5.74, 6) is 0.724. The molecule has 1 N–H and O–H groups in total. The van der Waals surface area contributed by atoms with E-state index in [1.165, 1.54) is 31.4 Å². The topological polar surface area (TPSA) is 66.6 Å². The zero-order valence-electron chi connectivity index (χ0n) is 11.2. The minimum absolute atomic E-state index is 0.0347. The quantitative estimate of drug-likeness (QED) is 0.633. The first-order chi connectivity index (χ1) is 9.15. The Kier molecular flexibility index (Phi) is 4.37. The van der Waals surface area contributed by atoms with Gasteiger partial charge in [-0.1, -0.05) is 6.42 Å². The zero-order valence-corrected chi connectivity index (χ0v) is 11.2. The van der Waals surface area contributed by atoms with E-state index in [2.05, 4.69) is 11.8 Å². The Labute approximate surface area is 113 Å². The molecule has 1 aliphatic carbocycles. The predicted octanol–water partition coefficient (Wildman–Crippen LogP) is 2.71. The highest BCUT2D eigenvalue weighted by Crippen LogP contribution is 2.31. The Hall–Kier alpha value is -1.62. The number of benzene rings is 1. The Morgan fingerprint density at radius 2 is 2.21 bits per heavy atom. The Morgan fingerprint density at radius 1 is 1.47 bits per heavy atom. The van der Waals surface area contributed by atoms with Crippen LogP contribution in [-0.2, 0) is 6.61 Å². The number of nitro groups is 1. The number of rotatable bonds is 6. The normalized spacial score (nSPS) is 15.1. The van der Waals surface area contributed by atoms with Crippen LogP contribution in [0.25, 0.3) is 0 Å². The molecule has 1 aliphatic rings. The highest BCUT2D eigenvalue weighted by Gasteiger charge is 2.22. The molecule has 0 amide bonds. The first-order valence-corrected chi connectivity index (χ1v) is 6.78. The maximum Gasteiger partial charge on any atom is 0.269 e. The molecule has 0 atom stereocenters. The van der Waals surface area contributed by atoms with Crippen molar-refractivity contribution in [1.29, 1.82) is 0 Å². The van der Waals surface area contributed by atoms with Crippen molar-refractivity contribution in [1.82, 2.24) is 0 Å². The second-order valence-electron chi connectivity index (χ2n) is 5.06. The van der Waals surface area contributed by atoms with Gasteiger partial charge < -0.3 is 10.0 Å². The van der Waals surface area contributed by atoms with Crippen molar-refractivity contribution in [2.24, 2.45) is 5.92 Å². The SMILES string of the molecule is CCN(CC1CCC1)c1ccc([N+](=O)[O-])cc1CO. The second kappa shape index (κ2) is 6.02. The van der Waals surface area contributed by atoms with Gasteiger partial charge in [-0.2, -0.15) is 0 Å². The van der Waals surface area contributed by atoms with Crippen molar-refractivity contribution < 1.29 is 10.0 Å². The van der Waals surface area contributed by atoms with E-state index < -0.39 is 4.92 Å². The monoisotopic (exact) mass is 264 g/mol. The molecule has 0 aliphatic heterocycles.